The molecule has 12 nitrogen and oxygen atoms in total. The Bertz CT molecular complexity index is 2850. The van der Waals surface area contributed by atoms with Gasteiger partial charge in [0.15, 0.2) is 51.0 Å². The monoisotopic (exact) mass is 1090 g/mol. The Morgan fingerprint density at radius 1 is 0.346 bits per heavy atom. The summed E-state index contributed by atoms with van der Waals surface area (Å²) in [5.41, 5.74) is 14.1. The Balaban J connectivity index is 0.00000441. The van der Waals surface area contributed by atoms with Crippen molar-refractivity contribution in [1.29, 1.82) is 0 Å². The molecule has 1 radical (unpaired) electrons. The largest absolute Gasteiger partial charge is 0.656 e. The van der Waals surface area contributed by atoms with E-state index in [1.165, 1.54) is 0 Å². The average molecular weight is 1090 g/mol. The fourth-order valence-electron chi connectivity index (χ4n) is 9.78. The van der Waals surface area contributed by atoms with E-state index in [1.807, 2.05) is 0 Å². The number of rotatable bonds is 28. The van der Waals surface area contributed by atoms with Crippen LogP contribution in [0.4, 0.5) is 0 Å². The van der Waals surface area contributed by atoms with Crippen LogP contribution in [0.1, 0.15) is 109 Å². The van der Waals surface area contributed by atoms with Crippen LogP contribution < -0.4 is 28.2 Å². The van der Waals surface area contributed by atoms with Gasteiger partial charge in [0, 0.05) is 92.0 Å². The van der Waals surface area contributed by atoms with Gasteiger partial charge < -0.3 is 28.9 Å². The van der Waals surface area contributed by atoms with Crippen LogP contribution in [-0.2, 0) is 62.2 Å². The summed E-state index contributed by atoms with van der Waals surface area (Å²) in [7, 11) is 0. The SMILES string of the molecule is C.CCCCOCC[n+]1ccccc1-c1c2nc(c(-c3cccc[n+]3CCOCCCC)c3ccc([n-]3)c(-c3cccc[n+]3CCOCCCC)c3nc(c(-c4cccc[n+]4CCOCCCC)c4ccc1[n-]4)C=C3)C=C2.[Mn]. The fourth-order valence-corrected chi connectivity index (χ4v) is 9.78. The molecule has 9 rings (SSSR count). The number of ether oxygens (including phenoxy) is 4. The third kappa shape index (κ3) is 14.6. The standard InChI is InChI=1S/C64H76N8O4.CH4.Mn/c1-5-9-41-73-45-37-69-33-17-13-21-57(69)61-49-25-27-51(65-49)62(58-22-14-18-34-70(58)38-46-74-42-10-6-2)53-29-31-55(67-53)64(60-24-16-20-36-72(60)40-48-76-44-12-8-4)56-32-30-54(68-56)63(52-28-26-50(61)66-52)59-23-15-19-35-71(59)39-47-75-43-11-7-3;;/h13-36H,5-12,37-48H2,1-4H3;1H4;/q+2;;. The van der Waals surface area contributed by atoms with E-state index in [2.05, 4.69) is 192 Å². The van der Waals surface area contributed by atoms with Crippen LogP contribution >= 0.6 is 0 Å². The molecular formula is C65H80MnN8O4+2. The predicted molar refractivity (Wildman–Crippen MR) is 309 cm³/mol. The Kier molecular flexibility index (Phi) is 23.3. The molecule has 7 aromatic rings. The van der Waals surface area contributed by atoms with Crippen LogP contribution in [0.2, 0.25) is 0 Å². The second kappa shape index (κ2) is 30.6. The van der Waals surface area contributed by atoms with Crippen molar-refractivity contribution >= 4 is 46.4 Å². The minimum Gasteiger partial charge on any atom is -0.656 e. The van der Waals surface area contributed by atoms with Gasteiger partial charge in [0.05, 0.1) is 45.0 Å². The summed E-state index contributed by atoms with van der Waals surface area (Å²) in [4.78, 5) is 22.6. The Morgan fingerprint density at radius 3 is 0.821 bits per heavy atom. The van der Waals surface area contributed by atoms with Crippen LogP contribution in [0.3, 0.4) is 0 Å². The first-order valence-corrected chi connectivity index (χ1v) is 27.9. The first-order valence-electron chi connectivity index (χ1n) is 27.9. The average Bonchev–Trinajstić information content (AvgIpc) is 4.35. The predicted octanol–water partition coefficient (Wildman–Crippen LogP) is 11.6. The molecule has 409 valence electrons. The van der Waals surface area contributed by atoms with Gasteiger partial charge in [-0.05, 0) is 74.3 Å². The summed E-state index contributed by atoms with van der Waals surface area (Å²) >= 11 is 0. The van der Waals surface area contributed by atoms with Crippen molar-refractivity contribution in [2.75, 3.05) is 52.9 Å². The van der Waals surface area contributed by atoms with Gasteiger partial charge in [-0.3, -0.25) is 0 Å². The molecule has 8 bridgehead atoms. The van der Waals surface area contributed by atoms with E-state index in [1.54, 1.807) is 0 Å². The maximum Gasteiger partial charge on any atom is 0.213 e. The number of pyridine rings is 4. The van der Waals surface area contributed by atoms with Crippen molar-refractivity contribution < 1.29 is 54.3 Å². The Morgan fingerprint density at radius 2 is 0.590 bits per heavy atom. The van der Waals surface area contributed by atoms with E-state index in [0.29, 0.717) is 52.6 Å². The van der Waals surface area contributed by atoms with Gasteiger partial charge in [0.25, 0.3) is 0 Å². The minimum absolute atomic E-state index is 0. The molecule has 78 heavy (non-hydrogen) atoms. The van der Waals surface area contributed by atoms with E-state index in [-0.39, 0.29) is 24.5 Å². The summed E-state index contributed by atoms with van der Waals surface area (Å²) in [6.07, 6.45) is 25.6. The number of aromatic nitrogens is 8. The van der Waals surface area contributed by atoms with Crippen molar-refractivity contribution in [2.45, 2.75) is 113 Å². The van der Waals surface area contributed by atoms with Gasteiger partial charge in [0.1, 0.15) is 26.4 Å². The maximum atomic E-state index is 6.17. The molecule has 7 aromatic heterocycles. The Hall–Kier alpha value is -6.44. The molecular weight excluding hydrogens is 1010 g/mol. The third-order valence-electron chi connectivity index (χ3n) is 13.9. The van der Waals surface area contributed by atoms with Crippen molar-refractivity contribution in [3.63, 3.8) is 0 Å². The maximum absolute atomic E-state index is 6.17. The quantitative estimate of drug-likeness (QED) is 0.0271. The molecule has 13 heteroatoms. The molecule has 0 atom stereocenters. The van der Waals surface area contributed by atoms with Crippen molar-refractivity contribution in [2.24, 2.45) is 0 Å². The molecule has 0 N–H and O–H groups in total. The molecule has 0 fully saturated rings. The molecule has 0 unspecified atom stereocenters. The van der Waals surface area contributed by atoms with Gasteiger partial charge in [0.2, 0.25) is 22.8 Å². The number of unbranched alkanes of at least 4 members (excludes halogenated alkanes) is 4. The van der Waals surface area contributed by atoms with E-state index >= 15 is 0 Å². The molecule has 2 aliphatic heterocycles. The van der Waals surface area contributed by atoms with E-state index in [0.717, 1.165) is 168 Å². The van der Waals surface area contributed by atoms with Crippen LogP contribution in [0.25, 0.3) is 91.4 Å². The summed E-state index contributed by atoms with van der Waals surface area (Å²) in [6, 6.07) is 34.0. The van der Waals surface area contributed by atoms with Crippen LogP contribution in [-0.4, -0.2) is 62.8 Å². The smallest absolute Gasteiger partial charge is 0.213 e. The molecule has 0 amide bonds. The molecule has 0 saturated heterocycles. The van der Waals surface area contributed by atoms with E-state index in [9.17, 15) is 0 Å². The zero-order valence-corrected chi connectivity index (χ0v) is 46.8. The molecule has 9 heterocycles. The van der Waals surface area contributed by atoms with Gasteiger partial charge in [-0.25, -0.2) is 9.97 Å². The zero-order valence-electron chi connectivity index (χ0n) is 45.6. The van der Waals surface area contributed by atoms with Gasteiger partial charge in [-0.15, -0.1) is 22.1 Å². The molecule has 2 aliphatic rings. The van der Waals surface area contributed by atoms with Gasteiger partial charge in [-0.2, -0.15) is 18.3 Å². The molecule has 0 saturated carbocycles. The molecule has 0 aromatic carbocycles. The molecule has 0 aliphatic carbocycles. The number of nitrogens with zero attached hydrogens (tertiary/aromatic N) is 8. The number of hydrogen-bond donors (Lipinski definition) is 0. The van der Waals surface area contributed by atoms with Gasteiger partial charge >= 0.3 is 0 Å². The van der Waals surface area contributed by atoms with Crippen LogP contribution in [0.5, 0.6) is 0 Å². The first kappa shape index (κ1) is 59.2. The number of fused-ring (bicyclic) bond motifs is 8. The summed E-state index contributed by atoms with van der Waals surface area (Å²) in [6.45, 7) is 16.7. The number of hydrogen-bond acceptors (Lipinski definition) is 6. The van der Waals surface area contributed by atoms with Crippen molar-refractivity contribution in [1.82, 2.24) is 19.9 Å². The third-order valence-corrected chi connectivity index (χ3v) is 13.9. The van der Waals surface area contributed by atoms with E-state index in [4.69, 9.17) is 38.9 Å². The molecule has 0 spiro atoms. The van der Waals surface area contributed by atoms with E-state index < -0.39 is 0 Å². The second-order valence-electron chi connectivity index (χ2n) is 19.3. The fraction of sp³-hybridized carbons (Fsp3) is 0.385. The first-order chi connectivity index (χ1) is 37.6. The summed E-state index contributed by atoms with van der Waals surface area (Å²) in [5.74, 6) is 0. The van der Waals surface area contributed by atoms with Gasteiger partial charge in [-0.1, -0.05) is 85.1 Å². The van der Waals surface area contributed by atoms with Crippen molar-refractivity contribution in [3.8, 4) is 45.0 Å². The summed E-state index contributed by atoms with van der Waals surface area (Å²) < 4.78 is 33.7. The topological polar surface area (TPSA) is 106 Å². The second-order valence-corrected chi connectivity index (χ2v) is 19.3. The Labute approximate surface area is 473 Å². The minimum atomic E-state index is 0. The summed E-state index contributed by atoms with van der Waals surface area (Å²) in [5, 5.41) is 0. The zero-order chi connectivity index (χ0) is 52.3. The van der Waals surface area contributed by atoms with Crippen LogP contribution in [0.15, 0.2) is 122 Å². The van der Waals surface area contributed by atoms with Crippen molar-refractivity contribution in [3.05, 3.63) is 145 Å². The normalized spacial score (nSPS) is 11.7. The van der Waals surface area contributed by atoms with Crippen LogP contribution in [0, 0.1) is 0 Å².